The first-order valence-corrected chi connectivity index (χ1v) is 10.3. The molecule has 4 N–H and O–H groups in total. The van der Waals surface area contributed by atoms with Gasteiger partial charge in [0.25, 0.3) is 5.56 Å². The lowest BCUT2D eigenvalue weighted by atomic mass is 10.1. The SMILES string of the molecule is Cc1cccc(CNc2cnc3n(c2=O)[C@H](C(=O)NCc2ccc(N)nc2C)CC3)c1. The van der Waals surface area contributed by atoms with Gasteiger partial charge >= 0.3 is 0 Å². The molecule has 3 aromatic rings. The second-order valence-electron chi connectivity index (χ2n) is 7.86. The van der Waals surface area contributed by atoms with Crippen LogP contribution in [0.1, 0.15) is 40.7 Å². The Morgan fingerprint density at radius 3 is 2.84 bits per heavy atom. The summed E-state index contributed by atoms with van der Waals surface area (Å²) in [5.41, 5.74) is 9.75. The summed E-state index contributed by atoms with van der Waals surface area (Å²) >= 11 is 0. The Morgan fingerprint density at radius 1 is 1.23 bits per heavy atom. The number of fused-ring (bicyclic) bond motifs is 1. The first-order valence-electron chi connectivity index (χ1n) is 10.3. The maximum Gasteiger partial charge on any atom is 0.277 e. The maximum atomic E-state index is 13.1. The quantitative estimate of drug-likeness (QED) is 0.566. The van der Waals surface area contributed by atoms with Gasteiger partial charge in [0.05, 0.1) is 6.20 Å². The average molecular weight is 419 g/mol. The van der Waals surface area contributed by atoms with Crippen LogP contribution in [0.5, 0.6) is 0 Å². The zero-order chi connectivity index (χ0) is 22.0. The fourth-order valence-electron chi connectivity index (χ4n) is 3.89. The maximum absolute atomic E-state index is 13.1. The Labute approximate surface area is 180 Å². The second kappa shape index (κ2) is 8.59. The molecule has 1 aromatic carbocycles. The highest BCUT2D eigenvalue weighted by atomic mass is 16.2. The van der Waals surface area contributed by atoms with Gasteiger partial charge in [0.2, 0.25) is 5.91 Å². The number of hydrogen-bond acceptors (Lipinski definition) is 6. The third-order valence-corrected chi connectivity index (χ3v) is 5.56. The fourth-order valence-corrected chi connectivity index (χ4v) is 3.89. The van der Waals surface area contributed by atoms with Crippen molar-refractivity contribution in [3.8, 4) is 0 Å². The number of pyridine rings is 1. The van der Waals surface area contributed by atoms with Gasteiger partial charge in [0.1, 0.15) is 23.4 Å². The van der Waals surface area contributed by atoms with E-state index in [9.17, 15) is 9.59 Å². The molecule has 2 aromatic heterocycles. The number of aryl methyl sites for hydroxylation is 3. The van der Waals surface area contributed by atoms with E-state index >= 15 is 0 Å². The number of amides is 1. The predicted octanol–water partition coefficient (Wildman–Crippen LogP) is 2.25. The molecule has 1 aliphatic heterocycles. The zero-order valence-electron chi connectivity index (χ0n) is 17.7. The van der Waals surface area contributed by atoms with Crippen LogP contribution in [0.3, 0.4) is 0 Å². The number of carbonyl (C=O) groups is 1. The van der Waals surface area contributed by atoms with E-state index in [2.05, 4.69) is 26.7 Å². The van der Waals surface area contributed by atoms with Crippen molar-refractivity contribution in [3.63, 3.8) is 0 Å². The minimum atomic E-state index is -0.572. The molecule has 0 saturated carbocycles. The first kappa shape index (κ1) is 20.6. The van der Waals surface area contributed by atoms with Gasteiger partial charge in [-0.15, -0.1) is 0 Å². The third kappa shape index (κ3) is 4.42. The summed E-state index contributed by atoms with van der Waals surface area (Å²) in [5.74, 6) is 0.881. The molecule has 8 heteroatoms. The zero-order valence-corrected chi connectivity index (χ0v) is 17.7. The fraction of sp³-hybridized carbons (Fsp3) is 0.304. The summed E-state index contributed by atoms with van der Waals surface area (Å²) in [5, 5.41) is 6.09. The Morgan fingerprint density at radius 2 is 2.06 bits per heavy atom. The van der Waals surface area contributed by atoms with Crippen LogP contribution in [0.4, 0.5) is 11.5 Å². The van der Waals surface area contributed by atoms with Crippen molar-refractivity contribution in [2.75, 3.05) is 11.1 Å². The summed E-state index contributed by atoms with van der Waals surface area (Å²) < 4.78 is 1.52. The van der Waals surface area contributed by atoms with E-state index < -0.39 is 6.04 Å². The van der Waals surface area contributed by atoms with Crippen LogP contribution in [0, 0.1) is 13.8 Å². The number of benzene rings is 1. The second-order valence-corrected chi connectivity index (χ2v) is 7.86. The molecule has 0 unspecified atom stereocenters. The molecule has 1 amide bonds. The molecule has 31 heavy (non-hydrogen) atoms. The minimum absolute atomic E-state index is 0.199. The number of anilines is 2. The highest BCUT2D eigenvalue weighted by molar-refractivity contribution is 5.81. The molecular weight excluding hydrogens is 392 g/mol. The van der Waals surface area contributed by atoms with Crippen LogP contribution < -0.4 is 21.9 Å². The molecule has 0 spiro atoms. The number of hydrogen-bond donors (Lipinski definition) is 3. The summed E-state index contributed by atoms with van der Waals surface area (Å²) in [6.45, 7) is 4.72. The van der Waals surface area contributed by atoms with Crippen LogP contribution in [-0.4, -0.2) is 20.4 Å². The first-order chi connectivity index (χ1) is 14.9. The highest BCUT2D eigenvalue weighted by Gasteiger charge is 2.31. The van der Waals surface area contributed by atoms with Crippen molar-refractivity contribution >= 4 is 17.4 Å². The lowest BCUT2D eigenvalue weighted by Crippen LogP contribution is -2.36. The summed E-state index contributed by atoms with van der Waals surface area (Å²) in [4.78, 5) is 34.6. The number of rotatable bonds is 6. The number of nitrogens with one attached hydrogen (secondary N) is 2. The monoisotopic (exact) mass is 418 g/mol. The standard InChI is InChI=1S/C23H26N6O2/c1-14-4-3-5-16(10-14)11-25-18-13-26-21-9-7-19(29(21)23(18)31)22(30)27-12-17-6-8-20(24)28-15(17)2/h3-6,8,10,13,19,25H,7,9,11-12H2,1-2H3,(H2,24,28)(H,27,30)/t19-/m0/s1. The molecule has 0 saturated heterocycles. The molecule has 0 fully saturated rings. The number of aromatic nitrogens is 3. The predicted molar refractivity (Wildman–Crippen MR) is 120 cm³/mol. The highest BCUT2D eigenvalue weighted by Crippen LogP contribution is 2.23. The molecule has 160 valence electrons. The van der Waals surface area contributed by atoms with E-state index in [0.29, 0.717) is 43.3 Å². The molecular formula is C23H26N6O2. The van der Waals surface area contributed by atoms with Gasteiger partial charge in [-0.2, -0.15) is 0 Å². The molecule has 0 radical (unpaired) electrons. The smallest absolute Gasteiger partial charge is 0.277 e. The average Bonchev–Trinajstić information content (AvgIpc) is 3.18. The number of carbonyl (C=O) groups excluding carboxylic acids is 1. The van der Waals surface area contributed by atoms with Gasteiger partial charge in [0, 0.05) is 25.2 Å². The van der Waals surface area contributed by atoms with E-state index in [1.54, 1.807) is 12.3 Å². The van der Waals surface area contributed by atoms with Crippen molar-refractivity contribution in [1.29, 1.82) is 0 Å². The molecule has 4 rings (SSSR count). The van der Waals surface area contributed by atoms with E-state index in [0.717, 1.165) is 22.4 Å². The van der Waals surface area contributed by atoms with Crippen LogP contribution in [0.15, 0.2) is 47.4 Å². The summed E-state index contributed by atoms with van der Waals surface area (Å²) in [7, 11) is 0. The van der Waals surface area contributed by atoms with Gasteiger partial charge in [0.15, 0.2) is 0 Å². The topological polar surface area (TPSA) is 115 Å². The number of nitrogens with two attached hydrogens (primary N) is 1. The molecule has 1 aliphatic rings. The molecule has 0 bridgehead atoms. The molecule has 1 atom stereocenters. The third-order valence-electron chi connectivity index (χ3n) is 5.56. The Bertz CT molecular complexity index is 1190. The van der Waals surface area contributed by atoms with E-state index in [1.807, 2.05) is 38.1 Å². The van der Waals surface area contributed by atoms with Crippen molar-refractivity contribution in [3.05, 3.63) is 81.2 Å². The van der Waals surface area contributed by atoms with Crippen molar-refractivity contribution in [2.24, 2.45) is 0 Å². The minimum Gasteiger partial charge on any atom is -0.384 e. The lowest BCUT2D eigenvalue weighted by Gasteiger charge is -2.16. The van der Waals surface area contributed by atoms with E-state index in [1.165, 1.54) is 4.57 Å². The van der Waals surface area contributed by atoms with Crippen molar-refractivity contribution < 1.29 is 4.79 Å². The van der Waals surface area contributed by atoms with Crippen LogP contribution in [0.25, 0.3) is 0 Å². The summed E-state index contributed by atoms with van der Waals surface area (Å²) in [6, 6.07) is 11.1. The Balaban J connectivity index is 1.48. The number of nitrogen functional groups attached to an aromatic ring is 1. The Hall–Kier alpha value is -3.68. The molecule has 3 heterocycles. The summed E-state index contributed by atoms with van der Waals surface area (Å²) in [6.07, 6.45) is 2.70. The van der Waals surface area contributed by atoms with Crippen LogP contribution in [-0.2, 0) is 24.3 Å². The van der Waals surface area contributed by atoms with Gasteiger partial charge in [-0.25, -0.2) is 9.97 Å². The van der Waals surface area contributed by atoms with Crippen LogP contribution >= 0.6 is 0 Å². The van der Waals surface area contributed by atoms with Crippen LogP contribution in [0.2, 0.25) is 0 Å². The van der Waals surface area contributed by atoms with Gasteiger partial charge in [-0.3, -0.25) is 14.2 Å². The Kier molecular flexibility index (Phi) is 5.70. The van der Waals surface area contributed by atoms with Gasteiger partial charge in [-0.1, -0.05) is 35.9 Å². The molecule has 0 aliphatic carbocycles. The van der Waals surface area contributed by atoms with Crippen molar-refractivity contribution in [2.45, 2.75) is 45.8 Å². The van der Waals surface area contributed by atoms with Gasteiger partial charge < -0.3 is 16.4 Å². The largest absolute Gasteiger partial charge is 0.384 e. The lowest BCUT2D eigenvalue weighted by molar-refractivity contribution is -0.124. The normalized spacial score (nSPS) is 14.8. The van der Waals surface area contributed by atoms with E-state index in [4.69, 9.17) is 5.73 Å². The number of nitrogens with zero attached hydrogens (tertiary/aromatic N) is 3. The molecule has 8 nitrogen and oxygen atoms in total. The van der Waals surface area contributed by atoms with Crippen molar-refractivity contribution in [1.82, 2.24) is 19.9 Å². The van der Waals surface area contributed by atoms with Gasteiger partial charge in [-0.05, 0) is 37.5 Å². The van der Waals surface area contributed by atoms with E-state index in [-0.39, 0.29) is 11.5 Å².